The highest BCUT2D eigenvalue weighted by molar-refractivity contribution is 7.91. The Kier molecular flexibility index (Phi) is 8.52. The minimum absolute atomic E-state index is 0.0137. The van der Waals surface area contributed by atoms with Crippen LogP contribution in [0.2, 0.25) is 0 Å². The number of hydrogen-bond donors (Lipinski definition) is 2. The number of aryl methyl sites for hydroxylation is 1. The number of nitrogens with zero attached hydrogens (tertiary/aromatic N) is 7. The fourth-order valence-electron chi connectivity index (χ4n) is 5.47. The lowest BCUT2D eigenvalue weighted by molar-refractivity contribution is 0.214. The molecule has 43 heavy (non-hydrogen) atoms. The molecule has 0 aliphatic carbocycles. The van der Waals surface area contributed by atoms with Crippen molar-refractivity contribution in [1.29, 1.82) is 4.78 Å². The van der Waals surface area contributed by atoms with Crippen LogP contribution >= 0.6 is 0 Å². The molecule has 0 spiro atoms. The molecule has 230 valence electrons. The zero-order valence-corrected chi connectivity index (χ0v) is 26.4. The van der Waals surface area contributed by atoms with Gasteiger partial charge in [0.25, 0.3) is 0 Å². The van der Waals surface area contributed by atoms with E-state index >= 15 is 4.39 Å². The predicted molar refractivity (Wildman–Crippen MR) is 166 cm³/mol. The maximum absolute atomic E-state index is 15.2. The third-order valence-corrected chi connectivity index (χ3v) is 8.56. The summed E-state index contributed by atoms with van der Waals surface area (Å²) in [4.78, 5) is 22.2. The summed E-state index contributed by atoms with van der Waals surface area (Å²) in [5.74, 6) is 0.560. The molecule has 3 aromatic heterocycles. The molecule has 0 saturated carbocycles. The van der Waals surface area contributed by atoms with Gasteiger partial charge in [-0.05, 0) is 58.5 Å². The van der Waals surface area contributed by atoms with E-state index in [0.29, 0.717) is 35.0 Å². The van der Waals surface area contributed by atoms with E-state index < -0.39 is 21.4 Å². The zero-order valence-electron chi connectivity index (χ0n) is 25.5. The van der Waals surface area contributed by atoms with Gasteiger partial charge in [0.05, 0.1) is 11.7 Å². The number of fused-ring (bicyclic) bond motifs is 2. The zero-order chi connectivity index (χ0) is 31.1. The van der Waals surface area contributed by atoms with E-state index in [1.165, 1.54) is 12.3 Å². The van der Waals surface area contributed by atoms with Crippen molar-refractivity contribution in [3.05, 3.63) is 59.2 Å². The summed E-state index contributed by atoms with van der Waals surface area (Å²) in [6.45, 7) is 11.8. The Labute approximate surface area is 251 Å². The number of imidazole rings is 1. The van der Waals surface area contributed by atoms with Crippen molar-refractivity contribution >= 4 is 32.5 Å². The summed E-state index contributed by atoms with van der Waals surface area (Å²) in [6.07, 6.45) is 3.33. The average Bonchev–Trinajstić information content (AvgIpc) is 3.28. The van der Waals surface area contributed by atoms with E-state index in [4.69, 9.17) is 9.76 Å². The smallest absolute Gasteiger partial charge is 0.229 e. The number of nitrogens with one attached hydrogen (secondary N) is 2. The molecular weight excluding hydrogens is 572 g/mol. The molecule has 13 heteroatoms. The van der Waals surface area contributed by atoms with E-state index in [2.05, 4.69) is 30.1 Å². The van der Waals surface area contributed by atoms with Crippen LogP contribution in [-0.2, 0) is 28.2 Å². The van der Waals surface area contributed by atoms with Crippen LogP contribution in [0.25, 0.3) is 22.3 Å². The average molecular weight is 612 g/mol. The molecule has 0 saturated heterocycles. The van der Waals surface area contributed by atoms with Gasteiger partial charge in [-0.25, -0.2) is 28.7 Å². The Morgan fingerprint density at radius 1 is 1.12 bits per heavy atom. The molecule has 0 radical (unpaired) electrons. The predicted octanol–water partition coefficient (Wildman–Crippen LogP) is 4.94. The Bertz CT molecular complexity index is 1770. The van der Waals surface area contributed by atoms with Crippen LogP contribution in [0.1, 0.15) is 37.9 Å². The van der Waals surface area contributed by atoms with Crippen LogP contribution in [0, 0.1) is 23.3 Å². The van der Waals surface area contributed by atoms with Gasteiger partial charge in [0.15, 0.2) is 11.6 Å². The van der Waals surface area contributed by atoms with Crippen molar-refractivity contribution in [1.82, 2.24) is 34.3 Å². The molecule has 1 aromatic carbocycles. The van der Waals surface area contributed by atoms with Crippen LogP contribution in [0.3, 0.4) is 0 Å². The third-order valence-electron chi connectivity index (χ3n) is 7.60. The maximum Gasteiger partial charge on any atom is 0.229 e. The number of likely N-dealkylation sites (N-methyl/N-ethyl adjacent to an activating group) is 1. The normalized spacial score (nSPS) is 15.6. The molecule has 4 heterocycles. The molecule has 0 fully saturated rings. The van der Waals surface area contributed by atoms with Crippen LogP contribution < -0.4 is 5.32 Å². The first-order valence-electron chi connectivity index (χ1n) is 14.3. The lowest BCUT2D eigenvalue weighted by atomic mass is 10.1. The Balaban J connectivity index is 1.31. The second-order valence-corrected chi connectivity index (χ2v) is 14.8. The van der Waals surface area contributed by atoms with Crippen LogP contribution in [0.15, 0.2) is 30.5 Å². The number of anilines is 2. The summed E-state index contributed by atoms with van der Waals surface area (Å²) in [5.41, 5.74) is 2.86. The molecule has 1 unspecified atom stereocenters. The molecule has 0 bridgehead atoms. The molecule has 5 rings (SSSR count). The number of hydrogen-bond acceptors (Lipinski definition) is 9. The van der Waals surface area contributed by atoms with E-state index in [-0.39, 0.29) is 22.7 Å². The lowest BCUT2D eigenvalue weighted by Crippen LogP contribution is -2.38. The molecule has 1 aliphatic rings. The van der Waals surface area contributed by atoms with Crippen molar-refractivity contribution in [2.24, 2.45) is 0 Å². The number of benzene rings is 1. The van der Waals surface area contributed by atoms with Gasteiger partial charge in [-0.1, -0.05) is 6.07 Å². The van der Waals surface area contributed by atoms with Gasteiger partial charge in [-0.2, -0.15) is 0 Å². The van der Waals surface area contributed by atoms with Crippen molar-refractivity contribution in [3.8, 4) is 11.3 Å². The molecule has 1 aliphatic heterocycles. The maximum atomic E-state index is 15.2. The molecule has 1 atom stereocenters. The van der Waals surface area contributed by atoms with Gasteiger partial charge in [0, 0.05) is 77.7 Å². The number of rotatable bonds is 9. The van der Waals surface area contributed by atoms with Crippen molar-refractivity contribution in [3.63, 3.8) is 0 Å². The highest BCUT2D eigenvalue weighted by Crippen LogP contribution is 2.32. The Morgan fingerprint density at radius 2 is 1.88 bits per heavy atom. The molecule has 10 nitrogen and oxygen atoms in total. The fraction of sp³-hybridized carbons (Fsp3) is 0.467. The minimum atomic E-state index is -2.48. The summed E-state index contributed by atoms with van der Waals surface area (Å²) < 4.78 is 51.3. The summed E-state index contributed by atoms with van der Waals surface area (Å²) in [6, 6.07) is 6.85. The topological polar surface area (TPSA) is 116 Å². The van der Waals surface area contributed by atoms with Crippen molar-refractivity contribution < 1.29 is 13.0 Å². The van der Waals surface area contributed by atoms with Gasteiger partial charge in [-0.3, -0.25) is 13.9 Å². The number of halogens is 2. The molecular formula is C30H39F2N9OS. The third kappa shape index (κ3) is 7.16. The highest BCUT2D eigenvalue weighted by Gasteiger charge is 2.23. The Morgan fingerprint density at radius 3 is 2.60 bits per heavy atom. The van der Waals surface area contributed by atoms with Crippen LogP contribution in [0.4, 0.5) is 20.5 Å². The summed E-state index contributed by atoms with van der Waals surface area (Å²) in [7, 11) is -0.490. The number of aromatic nitrogens is 5. The van der Waals surface area contributed by atoms with Crippen molar-refractivity contribution in [2.45, 2.75) is 46.2 Å². The molecule has 0 amide bonds. The first-order chi connectivity index (χ1) is 20.2. The summed E-state index contributed by atoms with van der Waals surface area (Å²) >= 11 is 0. The monoisotopic (exact) mass is 611 g/mol. The molecule has 2 N–H and O–H groups in total. The van der Waals surface area contributed by atoms with Gasteiger partial charge >= 0.3 is 0 Å². The second kappa shape index (κ2) is 11.9. The quantitative estimate of drug-likeness (QED) is 0.274. The standard InChI is InChI=1S/C30H39F2N9OS/c1-19-35-28-22(31)15-21(16-25(28)41(19)30(2,3)4)27-23(32)17-34-29(38-27)37-26-8-7-20-18-40(10-9-24(20)36-26)12-11-39(5)13-14-43(6,33)42/h7-8,15-17,33H,9-14,18H2,1-6H3,(H,34,36,37,38). The second-order valence-electron chi connectivity index (χ2n) is 12.3. The van der Waals surface area contributed by atoms with Crippen molar-refractivity contribution in [2.75, 3.05) is 50.6 Å². The van der Waals surface area contributed by atoms with E-state index in [9.17, 15) is 8.60 Å². The fourth-order valence-corrected chi connectivity index (χ4v) is 6.13. The van der Waals surface area contributed by atoms with Gasteiger partial charge in [0.2, 0.25) is 5.95 Å². The Hall–Kier alpha value is -3.55. The minimum Gasteiger partial charge on any atom is -0.323 e. The number of pyridine rings is 1. The van der Waals surface area contributed by atoms with Gasteiger partial charge in [-0.15, -0.1) is 0 Å². The summed E-state index contributed by atoms with van der Waals surface area (Å²) in [5, 5.41) is 3.09. The SMILES string of the molecule is Cc1nc2c(F)cc(-c3nc(Nc4ccc5c(n4)CCN(CCN(C)CCS(C)(=N)=O)C5)ncc3F)cc2n1C(C)(C)C. The van der Waals surface area contributed by atoms with Gasteiger partial charge in [0.1, 0.15) is 22.9 Å². The van der Waals surface area contributed by atoms with E-state index in [1.807, 2.05) is 51.4 Å². The van der Waals surface area contributed by atoms with Crippen LogP contribution in [-0.4, -0.2) is 83.7 Å². The van der Waals surface area contributed by atoms with E-state index in [0.717, 1.165) is 50.1 Å². The highest BCUT2D eigenvalue weighted by atomic mass is 32.2. The van der Waals surface area contributed by atoms with Gasteiger partial charge < -0.3 is 14.8 Å². The first-order valence-corrected chi connectivity index (χ1v) is 16.4. The lowest BCUT2D eigenvalue weighted by Gasteiger charge is -2.30. The largest absolute Gasteiger partial charge is 0.323 e. The first kappa shape index (κ1) is 30.9. The van der Waals surface area contributed by atoms with Crippen LogP contribution in [0.5, 0.6) is 0 Å². The van der Waals surface area contributed by atoms with E-state index in [1.54, 1.807) is 6.07 Å². The molecule has 4 aromatic rings.